The first-order chi connectivity index (χ1) is 16.4. The van der Waals surface area contributed by atoms with Gasteiger partial charge >= 0.3 is 0 Å². The van der Waals surface area contributed by atoms with Crippen molar-refractivity contribution in [3.63, 3.8) is 0 Å². The molecule has 1 aromatic heterocycles. The highest BCUT2D eigenvalue weighted by Crippen LogP contribution is 2.26. The number of halogens is 1. The molecule has 0 atom stereocenters. The van der Waals surface area contributed by atoms with Crippen LogP contribution in [-0.4, -0.2) is 25.0 Å². The molecule has 0 fully saturated rings. The fourth-order valence-corrected chi connectivity index (χ4v) is 3.48. The number of aromatic nitrogens is 1. The van der Waals surface area contributed by atoms with Gasteiger partial charge in [-0.1, -0.05) is 12.1 Å². The van der Waals surface area contributed by atoms with E-state index in [-0.39, 0.29) is 11.7 Å². The topological polar surface area (TPSA) is 54.5 Å². The van der Waals surface area contributed by atoms with E-state index in [0.29, 0.717) is 29.3 Å². The maximum absolute atomic E-state index is 13.1. The summed E-state index contributed by atoms with van der Waals surface area (Å²) in [7, 11) is 3.98. The number of carbonyl (C=O) groups is 1. The number of hydrogen-bond donors (Lipinski definition) is 1. The number of rotatable bonds is 7. The molecule has 1 amide bonds. The summed E-state index contributed by atoms with van der Waals surface area (Å²) < 4.78 is 18.8. The molecule has 0 aliphatic carbocycles. The molecule has 1 heterocycles. The molecule has 0 aliphatic heterocycles. The van der Waals surface area contributed by atoms with E-state index in [2.05, 4.69) is 10.3 Å². The zero-order chi connectivity index (χ0) is 24.1. The molecule has 0 spiro atoms. The van der Waals surface area contributed by atoms with Gasteiger partial charge < -0.3 is 15.0 Å². The SMILES string of the molecule is Cc1cc(C(=O)NCc2ccc(N(C)C)cc2)cc(-c2ccc(Oc3ccc(F)cc3)cc2)n1. The molecule has 34 heavy (non-hydrogen) atoms. The average Bonchev–Trinajstić information content (AvgIpc) is 2.84. The summed E-state index contributed by atoms with van der Waals surface area (Å²) in [5.41, 5.74) is 5.02. The summed E-state index contributed by atoms with van der Waals surface area (Å²) in [6.07, 6.45) is 0. The largest absolute Gasteiger partial charge is 0.457 e. The maximum atomic E-state index is 13.1. The Bertz CT molecular complexity index is 1270. The van der Waals surface area contributed by atoms with Gasteiger partial charge in [0.05, 0.1) is 5.69 Å². The summed E-state index contributed by atoms with van der Waals surface area (Å²) in [5.74, 6) is 0.717. The highest BCUT2D eigenvalue weighted by Gasteiger charge is 2.11. The van der Waals surface area contributed by atoms with E-state index in [4.69, 9.17) is 4.74 Å². The van der Waals surface area contributed by atoms with Crippen molar-refractivity contribution in [1.29, 1.82) is 0 Å². The fraction of sp³-hybridized carbons (Fsp3) is 0.143. The molecule has 0 saturated heterocycles. The van der Waals surface area contributed by atoms with Gasteiger partial charge in [-0.05, 0) is 85.3 Å². The monoisotopic (exact) mass is 455 g/mol. The third kappa shape index (κ3) is 5.78. The van der Waals surface area contributed by atoms with Gasteiger partial charge in [0.2, 0.25) is 0 Å². The van der Waals surface area contributed by atoms with Crippen LogP contribution in [0.2, 0.25) is 0 Å². The van der Waals surface area contributed by atoms with Gasteiger partial charge in [-0.3, -0.25) is 9.78 Å². The zero-order valence-corrected chi connectivity index (χ0v) is 19.4. The highest BCUT2D eigenvalue weighted by atomic mass is 19.1. The van der Waals surface area contributed by atoms with Crippen molar-refractivity contribution in [3.8, 4) is 22.8 Å². The first-order valence-corrected chi connectivity index (χ1v) is 10.9. The molecule has 0 bridgehead atoms. The number of carbonyl (C=O) groups excluding carboxylic acids is 1. The van der Waals surface area contributed by atoms with Crippen molar-refractivity contribution in [3.05, 3.63) is 108 Å². The third-order valence-corrected chi connectivity index (χ3v) is 5.32. The van der Waals surface area contributed by atoms with Gasteiger partial charge in [0, 0.05) is 43.1 Å². The van der Waals surface area contributed by atoms with Gasteiger partial charge in [0.15, 0.2) is 0 Å². The number of pyridine rings is 1. The molecule has 0 aliphatic rings. The van der Waals surface area contributed by atoms with Crippen molar-refractivity contribution in [2.24, 2.45) is 0 Å². The minimum Gasteiger partial charge on any atom is -0.457 e. The smallest absolute Gasteiger partial charge is 0.251 e. The Morgan fingerprint density at radius 3 is 2.15 bits per heavy atom. The van der Waals surface area contributed by atoms with Crippen LogP contribution in [0.4, 0.5) is 10.1 Å². The minimum absolute atomic E-state index is 0.153. The Hall–Kier alpha value is -4.19. The number of ether oxygens (including phenoxy) is 1. The van der Waals surface area contributed by atoms with E-state index in [1.165, 1.54) is 12.1 Å². The predicted octanol–water partition coefficient (Wildman–Crippen LogP) is 5.98. The first-order valence-electron chi connectivity index (χ1n) is 10.9. The van der Waals surface area contributed by atoms with E-state index in [1.807, 2.05) is 74.4 Å². The van der Waals surface area contributed by atoms with Gasteiger partial charge in [-0.15, -0.1) is 0 Å². The molecule has 6 heteroatoms. The van der Waals surface area contributed by atoms with Crippen LogP contribution < -0.4 is 15.0 Å². The fourth-order valence-electron chi connectivity index (χ4n) is 3.48. The van der Waals surface area contributed by atoms with Crippen LogP contribution in [0.5, 0.6) is 11.5 Å². The minimum atomic E-state index is -0.310. The molecular weight excluding hydrogens is 429 g/mol. The third-order valence-electron chi connectivity index (χ3n) is 5.32. The molecule has 172 valence electrons. The molecule has 1 N–H and O–H groups in total. The van der Waals surface area contributed by atoms with Crippen molar-refractivity contribution < 1.29 is 13.9 Å². The Morgan fingerprint density at radius 1 is 0.912 bits per heavy atom. The quantitative estimate of drug-likeness (QED) is 0.372. The maximum Gasteiger partial charge on any atom is 0.251 e. The summed E-state index contributed by atoms with van der Waals surface area (Å²) in [6, 6.07) is 24.9. The number of nitrogens with one attached hydrogen (secondary N) is 1. The zero-order valence-electron chi connectivity index (χ0n) is 19.4. The lowest BCUT2D eigenvalue weighted by Crippen LogP contribution is -2.23. The molecule has 5 nitrogen and oxygen atoms in total. The van der Waals surface area contributed by atoms with E-state index < -0.39 is 0 Å². The lowest BCUT2D eigenvalue weighted by atomic mass is 10.1. The molecule has 3 aromatic carbocycles. The first kappa shape index (κ1) is 23.0. The number of benzene rings is 3. The summed E-state index contributed by atoms with van der Waals surface area (Å²) in [5, 5.41) is 2.98. The summed E-state index contributed by atoms with van der Waals surface area (Å²) in [4.78, 5) is 19.4. The second-order valence-corrected chi connectivity index (χ2v) is 8.21. The lowest BCUT2D eigenvalue weighted by molar-refractivity contribution is 0.0950. The van der Waals surface area contributed by atoms with Crippen LogP contribution >= 0.6 is 0 Å². The molecule has 4 aromatic rings. The Kier molecular flexibility index (Phi) is 6.87. The Morgan fingerprint density at radius 2 is 1.53 bits per heavy atom. The van der Waals surface area contributed by atoms with Crippen molar-refractivity contribution in [2.75, 3.05) is 19.0 Å². The van der Waals surface area contributed by atoms with Crippen LogP contribution in [0.25, 0.3) is 11.3 Å². The average molecular weight is 456 g/mol. The van der Waals surface area contributed by atoms with Crippen molar-refractivity contribution in [1.82, 2.24) is 10.3 Å². The normalized spacial score (nSPS) is 10.6. The standard InChI is InChI=1S/C28H26FN3O2/c1-19-16-22(28(33)30-18-20-4-10-24(11-5-20)32(2)3)17-27(31-19)21-6-12-25(13-7-21)34-26-14-8-23(29)9-15-26/h4-17H,18H2,1-3H3,(H,30,33). The van der Waals surface area contributed by atoms with E-state index in [0.717, 1.165) is 22.5 Å². The number of hydrogen-bond acceptors (Lipinski definition) is 4. The van der Waals surface area contributed by atoms with Crippen LogP contribution in [0.15, 0.2) is 84.9 Å². The number of nitrogens with zero attached hydrogens (tertiary/aromatic N) is 2. The molecule has 0 saturated carbocycles. The van der Waals surface area contributed by atoms with E-state index >= 15 is 0 Å². The van der Waals surface area contributed by atoms with E-state index in [1.54, 1.807) is 24.3 Å². The molecule has 4 rings (SSSR count). The van der Waals surface area contributed by atoms with Crippen LogP contribution in [0, 0.1) is 12.7 Å². The van der Waals surface area contributed by atoms with Gasteiger partial charge in [0.1, 0.15) is 17.3 Å². The molecule has 0 radical (unpaired) electrons. The van der Waals surface area contributed by atoms with Gasteiger partial charge in [-0.2, -0.15) is 0 Å². The Labute approximate surface area is 198 Å². The van der Waals surface area contributed by atoms with Gasteiger partial charge in [-0.25, -0.2) is 4.39 Å². The highest BCUT2D eigenvalue weighted by molar-refractivity contribution is 5.95. The van der Waals surface area contributed by atoms with Gasteiger partial charge in [0.25, 0.3) is 5.91 Å². The van der Waals surface area contributed by atoms with Crippen LogP contribution in [0.3, 0.4) is 0 Å². The Balaban J connectivity index is 1.44. The van der Waals surface area contributed by atoms with Crippen molar-refractivity contribution in [2.45, 2.75) is 13.5 Å². The van der Waals surface area contributed by atoms with Crippen LogP contribution in [0.1, 0.15) is 21.6 Å². The lowest BCUT2D eigenvalue weighted by Gasteiger charge is -2.13. The van der Waals surface area contributed by atoms with Crippen molar-refractivity contribution >= 4 is 11.6 Å². The number of amides is 1. The molecular formula is C28H26FN3O2. The van der Waals surface area contributed by atoms with E-state index in [9.17, 15) is 9.18 Å². The summed E-state index contributed by atoms with van der Waals surface area (Å²) >= 11 is 0. The number of anilines is 1. The molecule has 0 unspecified atom stereocenters. The van der Waals surface area contributed by atoms with Crippen LogP contribution in [-0.2, 0) is 6.54 Å². The number of aryl methyl sites for hydroxylation is 1. The summed E-state index contributed by atoms with van der Waals surface area (Å²) in [6.45, 7) is 2.31. The predicted molar refractivity (Wildman–Crippen MR) is 133 cm³/mol. The second-order valence-electron chi connectivity index (χ2n) is 8.21. The second kappa shape index (κ2) is 10.2.